The molecule has 2 heterocycles. The van der Waals surface area contributed by atoms with Crippen molar-refractivity contribution in [1.82, 2.24) is 4.31 Å². The van der Waals surface area contributed by atoms with Crippen molar-refractivity contribution in [3.8, 4) is 0 Å². The smallest absolute Gasteiger partial charge is 0.268 e. The lowest BCUT2D eigenvalue weighted by molar-refractivity contribution is -0.128. The van der Waals surface area contributed by atoms with Crippen molar-refractivity contribution in [2.24, 2.45) is 22.2 Å². The largest absolute Gasteiger partial charge is 0.299 e. The van der Waals surface area contributed by atoms with Crippen LogP contribution in [0.4, 0.5) is 0 Å². The molecular formula is C31H36ClNO6S2. The van der Waals surface area contributed by atoms with Gasteiger partial charge in [-0.1, -0.05) is 75.7 Å². The number of sulfonamides is 1. The van der Waals surface area contributed by atoms with E-state index < -0.39 is 42.4 Å². The van der Waals surface area contributed by atoms with E-state index in [1.807, 2.05) is 70.2 Å². The van der Waals surface area contributed by atoms with Gasteiger partial charge in [-0.3, -0.25) is 13.3 Å². The third-order valence-corrected chi connectivity index (χ3v) is 14.2. The number of halogens is 1. The van der Waals surface area contributed by atoms with Crippen LogP contribution in [0, 0.1) is 22.2 Å². The average molecular weight is 618 g/mol. The summed E-state index contributed by atoms with van der Waals surface area (Å²) in [7, 11) is -7.90. The van der Waals surface area contributed by atoms with Gasteiger partial charge in [-0.25, -0.2) is 8.42 Å². The maximum Gasteiger partial charge on any atom is 0.268 e. The van der Waals surface area contributed by atoms with Crippen molar-refractivity contribution in [3.63, 3.8) is 0 Å². The number of benzene rings is 2. The Kier molecular flexibility index (Phi) is 6.62. The molecule has 2 aliphatic carbocycles. The van der Waals surface area contributed by atoms with Gasteiger partial charge in [0.1, 0.15) is 5.78 Å². The Balaban J connectivity index is 1.31. The molecule has 4 atom stereocenters. The maximum absolute atomic E-state index is 13.9. The monoisotopic (exact) mass is 617 g/mol. The predicted octanol–water partition coefficient (Wildman–Crippen LogP) is 6.01. The minimum absolute atomic E-state index is 0.0147. The van der Waals surface area contributed by atoms with Crippen molar-refractivity contribution in [2.75, 3.05) is 12.4 Å². The summed E-state index contributed by atoms with van der Waals surface area (Å²) in [6, 6.07) is 13.9. The molecule has 0 N–H and O–H groups in total. The number of rotatable bonds is 7. The first-order chi connectivity index (χ1) is 19.1. The van der Waals surface area contributed by atoms with E-state index in [0.29, 0.717) is 29.1 Å². The first kappa shape index (κ1) is 28.9. The summed E-state index contributed by atoms with van der Waals surface area (Å²) in [5, 5.41) is 0.609. The number of carbonyl (C=O) groups excluding carboxylic acids is 1. The lowest BCUT2D eigenvalue weighted by Crippen LogP contribution is -2.51. The quantitative estimate of drug-likeness (QED) is 0.353. The van der Waals surface area contributed by atoms with Crippen LogP contribution in [0.25, 0.3) is 5.70 Å². The van der Waals surface area contributed by atoms with E-state index >= 15 is 0 Å². The van der Waals surface area contributed by atoms with Crippen molar-refractivity contribution in [1.29, 1.82) is 0 Å². The summed E-state index contributed by atoms with van der Waals surface area (Å²) >= 11 is 6.17. The van der Waals surface area contributed by atoms with Crippen LogP contribution < -0.4 is 0 Å². The molecule has 4 aliphatic rings. The van der Waals surface area contributed by atoms with Crippen molar-refractivity contribution < 1.29 is 25.8 Å². The molecule has 0 spiro atoms. The summed E-state index contributed by atoms with van der Waals surface area (Å²) in [5.74, 6) is -0.283. The SMILES string of the molecule is CC1(C)[C@@H](c2ccc(Cl)cc2)C=C2c3ccccc3S(=O)(=O)N2[C@H]1CCOS(=O)(=O)C[C@]12CC[C@H](CC1=O)C2(C)C. The van der Waals surface area contributed by atoms with Gasteiger partial charge in [-0.15, -0.1) is 0 Å². The van der Waals surface area contributed by atoms with Crippen LogP contribution in [0.5, 0.6) is 0 Å². The van der Waals surface area contributed by atoms with Gasteiger partial charge in [-0.2, -0.15) is 8.42 Å². The highest BCUT2D eigenvalue weighted by molar-refractivity contribution is 7.90. The number of hydrogen-bond acceptors (Lipinski definition) is 6. The summed E-state index contributed by atoms with van der Waals surface area (Å²) in [6.45, 7) is 7.82. The van der Waals surface area contributed by atoms with Gasteiger partial charge in [0.05, 0.1) is 34.4 Å². The first-order valence-corrected chi connectivity index (χ1v) is 17.5. The normalized spacial score (nSPS) is 30.7. The molecule has 7 nitrogen and oxygen atoms in total. The second-order valence-corrected chi connectivity index (χ2v) is 17.1. The fourth-order valence-corrected chi connectivity index (χ4v) is 11.9. The van der Waals surface area contributed by atoms with E-state index in [2.05, 4.69) is 0 Å². The van der Waals surface area contributed by atoms with Crippen LogP contribution in [-0.4, -0.2) is 45.3 Å². The highest BCUT2D eigenvalue weighted by atomic mass is 35.5. The second kappa shape index (κ2) is 9.40. The Bertz CT molecular complexity index is 1660. The third kappa shape index (κ3) is 4.25. The van der Waals surface area contributed by atoms with Gasteiger partial charge in [0.2, 0.25) is 0 Å². The van der Waals surface area contributed by atoms with Gasteiger partial charge >= 0.3 is 0 Å². The van der Waals surface area contributed by atoms with Crippen molar-refractivity contribution >= 4 is 43.2 Å². The molecule has 10 heteroatoms. The molecule has 2 fully saturated rings. The lowest BCUT2D eigenvalue weighted by Gasteiger charge is -2.48. The summed E-state index contributed by atoms with van der Waals surface area (Å²) < 4.78 is 61.4. The molecule has 220 valence electrons. The highest BCUT2D eigenvalue weighted by Gasteiger charge is 2.65. The molecule has 0 amide bonds. The van der Waals surface area contributed by atoms with Crippen LogP contribution >= 0.6 is 11.6 Å². The topological polar surface area (TPSA) is 97.8 Å². The second-order valence-electron chi connectivity index (χ2n) is 13.2. The third-order valence-electron chi connectivity index (χ3n) is 10.7. The fraction of sp³-hybridized carbons (Fsp3) is 0.516. The molecule has 2 saturated carbocycles. The van der Waals surface area contributed by atoms with Crippen LogP contribution in [-0.2, 0) is 29.1 Å². The molecule has 2 aromatic carbocycles. The molecule has 0 aromatic heterocycles. The van der Waals surface area contributed by atoms with Crippen LogP contribution in [0.2, 0.25) is 5.02 Å². The van der Waals surface area contributed by atoms with E-state index in [4.69, 9.17) is 15.8 Å². The van der Waals surface area contributed by atoms with Gasteiger partial charge in [-0.05, 0) is 59.8 Å². The number of allylic oxidation sites excluding steroid dienone is 1. The zero-order chi connectivity index (χ0) is 29.6. The number of hydrogen-bond donors (Lipinski definition) is 0. The molecule has 6 rings (SSSR count). The van der Waals surface area contributed by atoms with Gasteiger partial charge in [0.25, 0.3) is 20.1 Å². The van der Waals surface area contributed by atoms with Crippen molar-refractivity contribution in [3.05, 3.63) is 70.8 Å². The van der Waals surface area contributed by atoms with E-state index in [1.165, 1.54) is 4.31 Å². The van der Waals surface area contributed by atoms with Crippen LogP contribution in [0.1, 0.15) is 70.4 Å². The Morgan fingerprint density at radius 2 is 1.73 bits per heavy atom. The number of carbonyl (C=O) groups is 1. The van der Waals surface area contributed by atoms with E-state index in [1.54, 1.807) is 12.1 Å². The van der Waals surface area contributed by atoms with Crippen LogP contribution in [0.3, 0.4) is 0 Å². The van der Waals surface area contributed by atoms with E-state index in [-0.39, 0.29) is 41.3 Å². The molecule has 2 bridgehead atoms. The number of fused-ring (bicyclic) bond motifs is 5. The molecule has 0 unspecified atom stereocenters. The fourth-order valence-electron chi connectivity index (χ4n) is 8.06. The number of nitrogens with zero attached hydrogens (tertiary/aromatic N) is 1. The lowest BCUT2D eigenvalue weighted by atomic mass is 9.66. The van der Waals surface area contributed by atoms with Gasteiger partial charge in [0, 0.05) is 22.9 Å². The molecule has 0 radical (unpaired) electrons. The van der Waals surface area contributed by atoms with Gasteiger partial charge in [0.15, 0.2) is 0 Å². The zero-order valence-electron chi connectivity index (χ0n) is 23.8. The first-order valence-electron chi connectivity index (χ1n) is 14.1. The summed E-state index contributed by atoms with van der Waals surface area (Å²) in [4.78, 5) is 13.2. The van der Waals surface area contributed by atoms with E-state index in [9.17, 15) is 21.6 Å². The summed E-state index contributed by atoms with van der Waals surface area (Å²) in [5.41, 5.74) is 0.284. The highest BCUT2D eigenvalue weighted by Crippen LogP contribution is 2.64. The maximum atomic E-state index is 13.9. The van der Waals surface area contributed by atoms with E-state index in [0.717, 1.165) is 12.0 Å². The van der Waals surface area contributed by atoms with Crippen molar-refractivity contribution in [2.45, 2.75) is 70.2 Å². The number of ketones is 1. The molecular weight excluding hydrogens is 582 g/mol. The Morgan fingerprint density at radius 1 is 1.05 bits per heavy atom. The molecule has 41 heavy (non-hydrogen) atoms. The predicted molar refractivity (Wildman–Crippen MR) is 158 cm³/mol. The summed E-state index contributed by atoms with van der Waals surface area (Å²) in [6.07, 6.45) is 3.99. The average Bonchev–Trinajstić information content (AvgIpc) is 3.34. The van der Waals surface area contributed by atoms with Gasteiger partial charge < -0.3 is 0 Å². The standard InChI is InChI=1S/C31H36ClNO6S2/c1-29(2)24(20-9-11-22(32)12-10-20)18-25-23-7-5-6-8-26(23)41(37,38)33(25)27(29)14-16-39-40(35,36)19-31-15-13-21(17-28(31)34)30(31,3)4/h5-12,18,21,24,27H,13-17,19H2,1-4H3/t21-,24-,27+,31-/m1/s1. The molecule has 2 aromatic rings. The Morgan fingerprint density at radius 3 is 2.37 bits per heavy atom. The molecule has 0 saturated heterocycles. The minimum atomic E-state index is -4.04. The number of Topliss-reactive ketones (excluding diaryl/α,β-unsaturated/α-hetero) is 1. The zero-order valence-corrected chi connectivity index (χ0v) is 26.2. The molecule has 2 aliphatic heterocycles. The Labute approximate surface area is 248 Å². The minimum Gasteiger partial charge on any atom is -0.299 e. The Hall–Kier alpha value is -2.20. The van der Waals surface area contributed by atoms with Crippen LogP contribution in [0.15, 0.2) is 59.5 Å².